The Balaban J connectivity index is 2.62. The van der Waals surface area contributed by atoms with Gasteiger partial charge < -0.3 is 5.32 Å². The van der Waals surface area contributed by atoms with Gasteiger partial charge in [-0.1, -0.05) is 13.0 Å². The molecule has 0 fully saturated rings. The Hall–Kier alpha value is -1.01. The van der Waals surface area contributed by atoms with Crippen LogP contribution in [0, 0.1) is 24.2 Å². The van der Waals surface area contributed by atoms with Crippen LogP contribution < -0.4 is 5.32 Å². The average molecular weight is 267 g/mol. The molecule has 0 amide bonds. The molecule has 0 aliphatic carbocycles. The Bertz CT molecular complexity index is 368. The van der Waals surface area contributed by atoms with Gasteiger partial charge in [-0.3, -0.25) is 0 Å². The van der Waals surface area contributed by atoms with E-state index in [1.807, 2.05) is 13.0 Å². The molecule has 1 aromatic rings. The fourth-order valence-electron chi connectivity index (χ4n) is 1.28. The molecule has 1 N–H and O–H groups in total. The molecule has 1 unspecified atom stereocenters. The molecule has 1 aromatic carbocycles. The first-order valence-electron chi connectivity index (χ1n) is 5.07. The number of halogens is 1. The maximum atomic E-state index is 8.82. The van der Waals surface area contributed by atoms with E-state index in [-0.39, 0.29) is 5.92 Å². The summed E-state index contributed by atoms with van der Waals surface area (Å²) in [6, 6.07) is 8.43. The molecule has 0 aliphatic heterocycles. The highest BCUT2D eigenvalue weighted by atomic mass is 79.9. The highest BCUT2D eigenvalue weighted by Gasteiger charge is 2.05. The van der Waals surface area contributed by atoms with Crippen LogP contribution in [0.4, 0.5) is 5.69 Å². The number of rotatable bonds is 4. The Morgan fingerprint density at radius 3 is 2.80 bits per heavy atom. The molecular weight excluding hydrogens is 252 g/mol. The van der Waals surface area contributed by atoms with Crippen LogP contribution in [0.2, 0.25) is 0 Å². The van der Waals surface area contributed by atoms with Crippen molar-refractivity contribution < 1.29 is 0 Å². The molecule has 2 nitrogen and oxygen atoms in total. The average Bonchev–Trinajstić information content (AvgIpc) is 2.22. The van der Waals surface area contributed by atoms with Crippen LogP contribution in [-0.2, 0) is 0 Å². The Morgan fingerprint density at radius 2 is 2.27 bits per heavy atom. The Morgan fingerprint density at radius 1 is 1.53 bits per heavy atom. The maximum Gasteiger partial charge on any atom is 0.0674 e. The van der Waals surface area contributed by atoms with Gasteiger partial charge in [-0.15, -0.1) is 0 Å². The molecule has 0 saturated carbocycles. The summed E-state index contributed by atoms with van der Waals surface area (Å²) in [6.45, 7) is 4.78. The van der Waals surface area contributed by atoms with Crippen molar-refractivity contribution in [3.8, 4) is 6.07 Å². The van der Waals surface area contributed by atoms with Crippen LogP contribution in [0.3, 0.4) is 0 Å². The van der Waals surface area contributed by atoms with Crippen LogP contribution in [0.1, 0.15) is 18.9 Å². The van der Waals surface area contributed by atoms with E-state index in [1.54, 1.807) is 0 Å². The van der Waals surface area contributed by atoms with E-state index in [9.17, 15) is 0 Å². The van der Waals surface area contributed by atoms with Gasteiger partial charge >= 0.3 is 0 Å². The van der Waals surface area contributed by atoms with Gasteiger partial charge in [-0.2, -0.15) is 5.26 Å². The third kappa shape index (κ3) is 3.56. The standard InChI is InChI=1S/C12H15BrN2/c1-3-10(7-14)8-15-12-5-4-9(2)6-11(12)13/h4-6,10,15H,3,8H2,1-2H3. The molecule has 0 saturated heterocycles. The normalized spacial score (nSPS) is 11.9. The molecule has 1 atom stereocenters. The van der Waals surface area contributed by atoms with Gasteiger partial charge in [0, 0.05) is 16.7 Å². The lowest BCUT2D eigenvalue weighted by Crippen LogP contribution is -2.11. The lowest BCUT2D eigenvalue weighted by molar-refractivity contribution is 0.674. The summed E-state index contributed by atoms with van der Waals surface area (Å²) in [5.74, 6) is 0.0817. The van der Waals surface area contributed by atoms with Gasteiger partial charge in [0.15, 0.2) is 0 Å². The quantitative estimate of drug-likeness (QED) is 0.902. The first-order valence-corrected chi connectivity index (χ1v) is 5.86. The van der Waals surface area contributed by atoms with Gasteiger partial charge in [0.2, 0.25) is 0 Å². The summed E-state index contributed by atoms with van der Waals surface area (Å²) in [4.78, 5) is 0. The number of anilines is 1. The minimum absolute atomic E-state index is 0.0817. The summed E-state index contributed by atoms with van der Waals surface area (Å²) in [5, 5.41) is 12.1. The number of hydrogen-bond donors (Lipinski definition) is 1. The summed E-state index contributed by atoms with van der Waals surface area (Å²) in [5.41, 5.74) is 2.27. The second kappa shape index (κ2) is 5.77. The number of nitrogens with zero attached hydrogens (tertiary/aromatic N) is 1. The van der Waals surface area contributed by atoms with Crippen molar-refractivity contribution in [3.05, 3.63) is 28.2 Å². The van der Waals surface area contributed by atoms with Crippen LogP contribution >= 0.6 is 15.9 Å². The third-order valence-electron chi connectivity index (χ3n) is 2.34. The SMILES string of the molecule is CCC(C#N)CNc1ccc(C)cc1Br. The maximum absolute atomic E-state index is 8.82. The zero-order chi connectivity index (χ0) is 11.3. The first-order chi connectivity index (χ1) is 7.17. The number of nitrogens with one attached hydrogen (secondary N) is 1. The lowest BCUT2D eigenvalue weighted by Gasteiger charge is -2.11. The molecule has 15 heavy (non-hydrogen) atoms. The third-order valence-corrected chi connectivity index (χ3v) is 2.99. The minimum Gasteiger partial charge on any atom is -0.383 e. The van der Waals surface area contributed by atoms with Gasteiger partial charge in [-0.05, 0) is 47.0 Å². The van der Waals surface area contributed by atoms with Crippen LogP contribution in [-0.4, -0.2) is 6.54 Å². The lowest BCUT2D eigenvalue weighted by atomic mass is 10.1. The first kappa shape index (κ1) is 12.1. The highest BCUT2D eigenvalue weighted by Crippen LogP contribution is 2.23. The summed E-state index contributed by atoms with van der Waals surface area (Å²) < 4.78 is 1.05. The van der Waals surface area contributed by atoms with Crippen molar-refractivity contribution >= 4 is 21.6 Å². The second-order valence-electron chi connectivity index (χ2n) is 3.60. The van der Waals surface area contributed by atoms with E-state index < -0.39 is 0 Å². The van der Waals surface area contributed by atoms with Gasteiger partial charge in [0.25, 0.3) is 0 Å². The summed E-state index contributed by atoms with van der Waals surface area (Å²) in [6.07, 6.45) is 0.882. The second-order valence-corrected chi connectivity index (χ2v) is 4.45. The van der Waals surface area contributed by atoms with Crippen molar-refractivity contribution in [2.75, 3.05) is 11.9 Å². The van der Waals surface area contributed by atoms with E-state index in [0.717, 1.165) is 16.6 Å². The van der Waals surface area contributed by atoms with Crippen LogP contribution in [0.15, 0.2) is 22.7 Å². The van der Waals surface area contributed by atoms with Gasteiger partial charge in [-0.25, -0.2) is 0 Å². The van der Waals surface area contributed by atoms with Crippen molar-refractivity contribution in [1.29, 1.82) is 5.26 Å². The van der Waals surface area contributed by atoms with E-state index in [1.165, 1.54) is 5.56 Å². The number of nitriles is 1. The number of benzene rings is 1. The molecule has 0 bridgehead atoms. The van der Waals surface area contributed by atoms with Crippen molar-refractivity contribution in [2.24, 2.45) is 5.92 Å². The van der Waals surface area contributed by atoms with Crippen molar-refractivity contribution in [2.45, 2.75) is 20.3 Å². The summed E-state index contributed by atoms with van der Waals surface area (Å²) in [7, 11) is 0. The summed E-state index contributed by atoms with van der Waals surface area (Å²) >= 11 is 3.50. The van der Waals surface area contributed by atoms with Crippen molar-refractivity contribution in [3.63, 3.8) is 0 Å². The predicted octanol–water partition coefficient (Wildman–Crippen LogP) is 3.72. The predicted molar refractivity (Wildman–Crippen MR) is 66.8 cm³/mol. The molecule has 0 spiro atoms. The largest absolute Gasteiger partial charge is 0.383 e. The molecule has 0 radical (unpaired) electrons. The molecular formula is C12H15BrN2. The molecule has 0 aliphatic rings. The van der Waals surface area contributed by atoms with Crippen LogP contribution in [0.25, 0.3) is 0 Å². The van der Waals surface area contributed by atoms with Crippen molar-refractivity contribution in [1.82, 2.24) is 0 Å². The monoisotopic (exact) mass is 266 g/mol. The zero-order valence-electron chi connectivity index (χ0n) is 9.05. The fourth-order valence-corrected chi connectivity index (χ4v) is 1.91. The van der Waals surface area contributed by atoms with E-state index in [2.05, 4.69) is 46.4 Å². The number of aryl methyl sites for hydroxylation is 1. The fraction of sp³-hybridized carbons (Fsp3) is 0.417. The molecule has 0 heterocycles. The van der Waals surface area contributed by atoms with Gasteiger partial charge in [0.05, 0.1) is 12.0 Å². The zero-order valence-corrected chi connectivity index (χ0v) is 10.6. The minimum atomic E-state index is 0.0817. The number of hydrogen-bond acceptors (Lipinski definition) is 2. The Labute approximate surface area is 99.4 Å². The van der Waals surface area contributed by atoms with E-state index >= 15 is 0 Å². The molecule has 3 heteroatoms. The topological polar surface area (TPSA) is 35.8 Å². The van der Waals surface area contributed by atoms with Gasteiger partial charge in [0.1, 0.15) is 0 Å². The molecule has 1 rings (SSSR count). The van der Waals surface area contributed by atoms with E-state index in [0.29, 0.717) is 6.54 Å². The smallest absolute Gasteiger partial charge is 0.0674 e. The Kier molecular flexibility index (Phi) is 4.64. The van der Waals surface area contributed by atoms with E-state index in [4.69, 9.17) is 5.26 Å². The molecule has 80 valence electrons. The van der Waals surface area contributed by atoms with Crippen LogP contribution in [0.5, 0.6) is 0 Å². The highest BCUT2D eigenvalue weighted by molar-refractivity contribution is 9.10. The molecule has 0 aromatic heterocycles.